The predicted octanol–water partition coefficient (Wildman–Crippen LogP) is -0.868. The summed E-state index contributed by atoms with van der Waals surface area (Å²) in [5.41, 5.74) is 1.96. The summed E-state index contributed by atoms with van der Waals surface area (Å²) in [6.45, 7) is 1.73. The van der Waals surface area contributed by atoms with Gasteiger partial charge in [0.05, 0.1) is 5.97 Å². The van der Waals surface area contributed by atoms with Crippen LogP contribution in [0.4, 0.5) is 0 Å². The molecule has 0 saturated heterocycles. The Kier molecular flexibility index (Phi) is 2.59. The van der Waals surface area contributed by atoms with Gasteiger partial charge in [0.2, 0.25) is 0 Å². The molecule has 0 fully saturated rings. The van der Waals surface area contributed by atoms with Crippen molar-refractivity contribution in [2.24, 2.45) is 0 Å². The van der Waals surface area contributed by atoms with Gasteiger partial charge in [-0.3, -0.25) is 0 Å². The molecule has 0 aliphatic rings. The van der Waals surface area contributed by atoms with Crippen LogP contribution in [-0.2, 0) is 11.2 Å². The van der Waals surface area contributed by atoms with E-state index >= 15 is 0 Å². The molecule has 1 aromatic heterocycles. The maximum atomic E-state index is 10.7. The summed E-state index contributed by atoms with van der Waals surface area (Å²) in [4.78, 5) is 24.4. The monoisotopic (exact) mass is 231 g/mol. The Hall–Kier alpha value is -2.30. The summed E-state index contributed by atoms with van der Waals surface area (Å²) in [5, 5.41) is 21.9. The van der Waals surface area contributed by atoms with Gasteiger partial charge in [0.1, 0.15) is 0 Å². The van der Waals surface area contributed by atoms with Gasteiger partial charge < -0.3 is 24.8 Å². The van der Waals surface area contributed by atoms with Crippen LogP contribution >= 0.6 is 0 Å². The summed E-state index contributed by atoms with van der Waals surface area (Å²) in [6, 6.07) is 4.41. The maximum absolute atomic E-state index is 10.7. The summed E-state index contributed by atoms with van der Waals surface area (Å²) < 4.78 is 0. The Labute approximate surface area is 96.7 Å². The fourth-order valence-corrected chi connectivity index (χ4v) is 1.88. The minimum absolute atomic E-state index is 0.0242. The smallest absolute Gasteiger partial charge is 0.0715 e. The van der Waals surface area contributed by atoms with Crippen LogP contribution in [0.2, 0.25) is 0 Å². The predicted molar refractivity (Wildman–Crippen MR) is 56.1 cm³/mol. The molecule has 0 aliphatic carbocycles. The van der Waals surface area contributed by atoms with Crippen molar-refractivity contribution in [2.75, 3.05) is 0 Å². The van der Waals surface area contributed by atoms with Gasteiger partial charge in [-0.1, -0.05) is 6.07 Å². The van der Waals surface area contributed by atoms with Gasteiger partial charge in [-0.15, -0.1) is 0 Å². The number of carboxylic acids is 2. The van der Waals surface area contributed by atoms with Gasteiger partial charge in [0, 0.05) is 29.0 Å². The maximum Gasteiger partial charge on any atom is 0.0715 e. The fourth-order valence-electron chi connectivity index (χ4n) is 1.88. The summed E-state index contributed by atoms with van der Waals surface area (Å²) in [5.74, 6) is -2.49. The topological polar surface area (TPSA) is 96.1 Å². The van der Waals surface area contributed by atoms with Crippen molar-refractivity contribution in [1.29, 1.82) is 0 Å². The molecule has 1 aromatic carbocycles. The van der Waals surface area contributed by atoms with E-state index in [9.17, 15) is 19.8 Å². The number of hydrogen-bond acceptors (Lipinski definition) is 4. The number of aryl methyl sites for hydroxylation is 1. The number of aliphatic carboxylic acids is 1. The highest BCUT2D eigenvalue weighted by Gasteiger charge is 2.09. The zero-order chi connectivity index (χ0) is 12.6. The Balaban J connectivity index is 2.64. The molecule has 88 valence electrons. The first-order valence-corrected chi connectivity index (χ1v) is 5.01. The lowest BCUT2D eigenvalue weighted by Gasteiger charge is -2.05. The number of benzene rings is 1. The third-order valence-corrected chi connectivity index (χ3v) is 2.68. The fraction of sp³-hybridized carbons (Fsp3) is 0.167. The number of rotatable bonds is 3. The lowest BCUT2D eigenvalue weighted by molar-refractivity contribution is -0.304. The number of carbonyl (C=O) groups excluding carboxylic acids is 2. The van der Waals surface area contributed by atoms with E-state index in [1.165, 1.54) is 12.1 Å². The average Bonchev–Trinajstić information content (AvgIpc) is 2.54. The van der Waals surface area contributed by atoms with Crippen molar-refractivity contribution >= 4 is 22.8 Å². The van der Waals surface area contributed by atoms with Crippen molar-refractivity contribution in [3.8, 4) is 0 Å². The van der Waals surface area contributed by atoms with E-state index in [1.807, 2.05) is 0 Å². The third kappa shape index (κ3) is 1.99. The largest absolute Gasteiger partial charge is 0.550 e. The van der Waals surface area contributed by atoms with Crippen molar-refractivity contribution in [3.63, 3.8) is 0 Å². The SMILES string of the molecule is Cc1[nH]c2ccc(C(=O)[O-])cc2c1CC(=O)[O-]. The number of carbonyl (C=O) groups is 2. The first-order chi connectivity index (χ1) is 7.99. The summed E-state index contributed by atoms with van der Waals surface area (Å²) in [6.07, 6.45) is -0.248. The summed E-state index contributed by atoms with van der Waals surface area (Å²) >= 11 is 0. The van der Waals surface area contributed by atoms with E-state index in [1.54, 1.807) is 13.0 Å². The molecule has 1 heterocycles. The molecule has 2 rings (SSSR count). The second-order valence-corrected chi connectivity index (χ2v) is 3.83. The number of fused-ring (bicyclic) bond motifs is 1. The number of aromatic nitrogens is 1. The molecule has 2 aromatic rings. The number of aromatic amines is 1. The zero-order valence-electron chi connectivity index (χ0n) is 9.07. The normalized spacial score (nSPS) is 10.6. The molecule has 5 heteroatoms. The standard InChI is InChI=1S/C12H11NO4/c1-6-8(5-11(14)15)9-4-7(12(16)17)2-3-10(9)13-6/h2-4,13H,5H2,1H3,(H,14,15)(H,16,17)/p-2. The molecule has 0 aliphatic heterocycles. The molecule has 0 unspecified atom stereocenters. The van der Waals surface area contributed by atoms with Gasteiger partial charge >= 0.3 is 0 Å². The van der Waals surface area contributed by atoms with Crippen LogP contribution in [0.25, 0.3) is 10.9 Å². The second-order valence-electron chi connectivity index (χ2n) is 3.83. The van der Waals surface area contributed by atoms with E-state index in [0.717, 1.165) is 0 Å². The number of carboxylic acid groups (broad SMARTS) is 2. The molecule has 0 spiro atoms. The minimum atomic E-state index is -1.29. The second kappa shape index (κ2) is 3.93. The Bertz CT molecular complexity index is 612. The van der Waals surface area contributed by atoms with Crippen molar-refractivity contribution < 1.29 is 19.8 Å². The van der Waals surface area contributed by atoms with Crippen LogP contribution < -0.4 is 10.2 Å². The van der Waals surface area contributed by atoms with Crippen LogP contribution in [0.3, 0.4) is 0 Å². The van der Waals surface area contributed by atoms with Crippen molar-refractivity contribution in [3.05, 3.63) is 35.0 Å². The Morgan fingerprint density at radius 2 is 2.00 bits per heavy atom. The molecular weight excluding hydrogens is 222 g/mol. The molecule has 17 heavy (non-hydrogen) atoms. The molecule has 0 bridgehead atoms. The van der Waals surface area contributed by atoms with E-state index in [-0.39, 0.29) is 12.0 Å². The molecule has 1 N–H and O–H groups in total. The van der Waals surface area contributed by atoms with Gasteiger partial charge in [-0.25, -0.2) is 0 Å². The quantitative estimate of drug-likeness (QED) is 0.742. The van der Waals surface area contributed by atoms with Crippen LogP contribution in [0, 0.1) is 6.92 Å². The number of nitrogens with one attached hydrogen (secondary N) is 1. The van der Waals surface area contributed by atoms with E-state index < -0.39 is 11.9 Å². The van der Waals surface area contributed by atoms with Gasteiger partial charge in [0.15, 0.2) is 0 Å². The highest BCUT2D eigenvalue weighted by atomic mass is 16.4. The van der Waals surface area contributed by atoms with E-state index in [4.69, 9.17) is 0 Å². The number of aromatic carboxylic acids is 1. The van der Waals surface area contributed by atoms with Crippen LogP contribution in [-0.4, -0.2) is 16.9 Å². The first kappa shape index (κ1) is 11.2. The average molecular weight is 231 g/mol. The highest BCUT2D eigenvalue weighted by molar-refractivity contribution is 5.95. The Morgan fingerprint density at radius 1 is 1.29 bits per heavy atom. The molecule has 0 atom stereocenters. The lowest BCUT2D eigenvalue weighted by atomic mass is 10.1. The molecule has 0 radical (unpaired) electrons. The summed E-state index contributed by atoms with van der Waals surface area (Å²) in [7, 11) is 0. The van der Waals surface area contributed by atoms with E-state index in [0.29, 0.717) is 22.2 Å². The molecule has 0 amide bonds. The van der Waals surface area contributed by atoms with Gasteiger partial charge in [-0.2, -0.15) is 0 Å². The van der Waals surface area contributed by atoms with Crippen molar-refractivity contribution in [1.82, 2.24) is 4.98 Å². The van der Waals surface area contributed by atoms with Crippen LogP contribution in [0.1, 0.15) is 21.6 Å². The van der Waals surface area contributed by atoms with Crippen molar-refractivity contribution in [2.45, 2.75) is 13.3 Å². The van der Waals surface area contributed by atoms with Gasteiger partial charge in [0.25, 0.3) is 0 Å². The van der Waals surface area contributed by atoms with E-state index in [2.05, 4.69) is 4.98 Å². The molecule has 0 saturated carbocycles. The number of H-pyrrole nitrogens is 1. The minimum Gasteiger partial charge on any atom is -0.550 e. The lowest BCUT2D eigenvalue weighted by Crippen LogP contribution is -2.24. The van der Waals surface area contributed by atoms with Gasteiger partial charge in [-0.05, 0) is 30.2 Å². The Morgan fingerprint density at radius 3 is 2.59 bits per heavy atom. The van der Waals surface area contributed by atoms with Crippen LogP contribution in [0.5, 0.6) is 0 Å². The highest BCUT2D eigenvalue weighted by Crippen LogP contribution is 2.23. The zero-order valence-corrected chi connectivity index (χ0v) is 9.07. The van der Waals surface area contributed by atoms with Crippen LogP contribution in [0.15, 0.2) is 18.2 Å². The number of hydrogen-bond donors (Lipinski definition) is 1. The first-order valence-electron chi connectivity index (χ1n) is 5.01. The third-order valence-electron chi connectivity index (χ3n) is 2.68. The molecular formula is C12H9NO4-2. The molecule has 5 nitrogen and oxygen atoms in total.